The lowest BCUT2D eigenvalue weighted by Gasteiger charge is -2.02. The molecule has 2 amide bonds. The molecule has 0 atom stereocenters. The summed E-state index contributed by atoms with van der Waals surface area (Å²) in [6, 6.07) is 0. The van der Waals surface area contributed by atoms with Crippen molar-refractivity contribution in [3.63, 3.8) is 0 Å². The topological polar surface area (TPSA) is 133 Å². The SMILES string of the molecule is NC(=O)CNC(=O)CCn1cnc([N+](=O)[O-])c1. The normalized spacial score (nSPS) is 9.88. The minimum absolute atomic E-state index is 0.0841. The summed E-state index contributed by atoms with van der Waals surface area (Å²) in [6.45, 7) is 0.0222. The molecule has 9 heteroatoms. The smallest absolute Gasteiger partial charge is 0.368 e. The maximum absolute atomic E-state index is 11.2. The van der Waals surface area contributed by atoms with Crippen LogP contribution in [0.5, 0.6) is 0 Å². The van der Waals surface area contributed by atoms with Gasteiger partial charge in [-0.25, -0.2) is 0 Å². The lowest BCUT2D eigenvalue weighted by molar-refractivity contribution is -0.389. The molecule has 0 aliphatic rings. The van der Waals surface area contributed by atoms with Gasteiger partial charge in [-0.1, -0.05) is 0 Å². The van der Waals surface area contributed by atoms with Gasteiger partial charge < -0.3 is 25.7 Å². The number of hydrogen-bond acceptors (Lipinski definition) is 5. The number of carbonyl (C=O) groups excluding carboxylic acids is 2. The third-order valence-electron chi connectivity index (χ3n) is 1.86. The van der Waals surface area contributed by atoms with E-state index in [4.69, 9.17) is 5.73 Å². The Bertz CT molecular complexity index is 441. The highest BCUT2D eigenvalue weighted by Gasteiger charge is 2.10. The van der Waals surface area contributed by atoms with Gasteiger partial charge in [0.15, 0.2) is 0 Å². The number of primary amides is 1. The molecule has 0 saturated carbocycles. The van der Waals surface area contributed by atoms with Crippen LogP contribution in [0.25, 0.3) is 0 Å². The molecular weight excluding hydrogens is 230 g/mol. The molecule has 1 rings (SSSR count). The molecule has 0 aliphatic heterocycles. The number of nitrogens with one attached hydrogen (secondary N) is 1. The molecule has 92 valence electrons. The van der Waals surface area contributed by atoms with E-state index in [1.807, 2.05) is 0 Å². The first-order valence-corrected chi connectivity index (χ1v) is 4.70. The predicted molar refractivity (Wildman–Crippen MR) is 55.7 cm³/mol. The summed E-state index contributed by atoms with van der Waals surface area (Å²) in [7, 11) is 0. The number of amides is 2. The fourth-order valence-corrected chi connectivity index (χ4v) is 1.07. The third-order valence-corrected chi connectivity index (χ3v) is 1.86. The zero-order valence-electron chi connectivity index (χ0n) is 8.83. The minimum Gasteiger partial charge on any atom is -0.368 e. The highest BCUT2D eigenvalue weighted by molar-refractivity contribution is 5.83. The Hall–Kier alpha value is -2.45. The van der Waals surface area contributed by atoms with Crippen LogP contribution in [-0.4, -0.2) is 32.8 Å². The van der Waals surface area contributed by atoms with Gasteiger partial charge >= 0.3 is 5.82 Å². The first-order valence-electron chi connectivity index (χ1n) is 4.70. The van der Waals surface area contributed by atoms with Gasteiger partial charge in [-0.2, -0.15) is 0 Å². The quantitative estimate of drug-likeness (QED) is 0.475. The Kier molecular flexibility index (Phi) is 4.14. The van der Waals surface area contributed by atoms with Crippen molar-refractivity contribution in [2.75, 3.05) is 6.54 Å². The number of nitrogens with two attached hydrogens (primary N) is 1. The van der Waals surface area contributed by atoms with E-state index in [0.717, 1.165) is 0 Å². The number of aromatic nitrogens is 2. The Balaban J connectivity index is 2.36. The average Bonchev–Trinajstić information content (AvgIpc) is 2.72. The molecule has 1 aromatic heterocycles. The molecule has 0 saturated heterocycles. The van der Waals surface area contributed by atoms with Crippen molar-refractivity contribution >= 4 is 17.6 Å². The second kappa shape index (κ2) is 5.58. The molecule has 0 radical (unpaired) electrons. The Labute approximate surface area is 95.8 Å². The van der Waals surface area contributed by atoms with Crippen molar-refractivity contribution < 1.29 is 14.5 Å². The predicted octanol–water partition coefficient (Wildman–Crippen LogP) is -1.22. The monoisotopic (exact) mass is 241 g/mol. The molecule has 3 N–H and O–H groups in total. The van der Waals surface area contributed by atoms with Gasteiger partial charge in [0.25, 0.3) is 0 Å². The van der Waals surface area contributed by atoms with E-state index in [0.29, 0.717) is 0 Å². The van der Waals surface area contributed by atoms with E-state index in [1.165, 1.54) is 17.1 Å². The maximum atomic E-state index is 11.2. The molecule has 1 heterocycles. The van der Waals surface area contributed by atoms with E-state index in [9.17, 15) is 19.7 Å². The summed E-state index contributed by atoms with van der Waals surface area (Å²) in [5.41, 5.74) is 4.84. The van der Waals surface area contributed by atoms with Gasteiger partial charge in [0.1, 0.15) is 6.20 Å². The van der Waals surface area contributed by atoms with Crippen LogP contribution < -0.4 is 11.1 Å². The number of imidazole rings is 1. The Morgan fingerprint density at radius 3 is 2.82 bits per heavy atom. The Morgan fingerprint density at radius 1 is 1.59 bits per heavy atom. The van der Waals surface area contributed by atoms with Crippen molar-refractivity contribution in [1.82, 2.24) is 14.9 Å². The van der Waals surface area contributed by atoms with E-state index in [-0.39, 0.29) is 31.2 Å². The summed E-state index contributed by atoms with van der Waals surface area (Å²) < 4.78 is 1.42. The standard InChI is InChI=1S/C8H11N5O4/c9-6(14)3-10-8(15)1-2-12-4-7(11-5-12)13(16)17/h4-5H,1-3H2,(H2,9,14)(H,10,15). The fourth-order valence-electron chi connectivity index (χ4n) is 1.07. The average molecular weight is 241 g/mol. The summed E-state index contributed by atoms with van der Waals surface area (Å²) in [6.07, 6.45) is 2.57. The largest absolute Gasteiger partial charge is 0.381 e. The lowest BCUT2D eigenvalue weighted by atomic mass is 10.4. The summed E-state index contributed by atoms with van der Waals surface area (Å²) in [4.78, 5) is 34.8. The second-order valence-corrected chi connectivity index (χ2v) is 3.22. The van der Waals surface area contributed by atoms with Gasteiger partial charge in [-0.15, -0.1) is 0 Å². The maximum Gasteiger partial charge on any atom is 0.381 e. The molecule has 0 aliphatic carbocycles. The lowest BCUT2D eigenvalue weighted by Crippen LogP contribution is -2.33. The Morgan fingerprint density at radius 2 is 2.29 bits per heavy atom. The first kappa shape index (κ1) is 12.6. The summed E-state index contributed by atoms with van der Waals surface area (Å²) >= 11 is 0. The van der Waals surface area contributed by atoms with Crippen LogP contribution in [-0.2, 0) is 16.1 Å². The molecular formula is C8H11N5O4. The van der Waals surface area contributed by atoms with Crippen LogP contribution in [0, 0.1) is 10.1 Å². The van der Waals surface area contributed by atoms with Crippen molar-refractivity contribution in [3.8, 4) is 0 Å². The number of nitrogens with zero attached hydrogens (tertiary/aromatic N) is 3. The van der Waals surface area contributed by atoms with Crippen LogP contribution >= 0.6 is 0 Å². The second-order valence-electron chi connectivity index (χ2n) is 3.22. The van der Waals surface area contributed by atoms with Gasteiger partial charge in [-0.05, 0) is 9.91 Å². The molecule has 17 heavy (non-hydrogen) atoms. The van der Waals surface area contributed by atoms with E-state index < -0.39 is 10.8 Å². The van der Waals surface area contributed by atoms with Crippen molar-refractivity contribution in [2.24, 2.45) is 5.73 Å². The summed E-state index contributed by atoms with van der Waals surface area (Å²) in [5, 5.41) is 12.6. The number of hydrogen-bond donors (Lipinski definition) is 2. The number of nitro groups is 1. The van der Waals surface area contributed by atoms with Crippen LogP contribution in [0.2, 0.25) is 0 Å². The molecule has 0 spiro atoms. The van der Waals surface area contributed by atoms with E-state index >= 15 is 0 Å². The molecule has 0 fully saturated rings. The van der Waals surface area contributed by atoms with Gasteiger partial charge in [0, 0.05) is 13.0 Å². The van der Waals surface area contributed by atoms with E-state index in [2.05, 4.69) is 10.3 Å². The zero-order chi connectivity index (χ0) is 12.8. The molecule has 1 aromatic rings. The molecule has 9 nitrogen and oxygen atoms in total. The van der Waals surface area contributed by atoms with Crippen molar-refractivity contribution in [2.45, 2.75) is 13.0 Å². The van der Waals surface area contributed by atoms with Crippen molar-refractivity contribution in [3.05, 3.63) is 22.6 Å². The number of aryl methyl sites for hydroxylation is 1. The molecule has 0 aromatic carbocycles. The highest BCUT2D eigenvalue weighted by Crippen LogP contribution is 2.05. The fraction of sp³-hybridized carbons (Fsp3) is 0.375. The van der Waals surface area contributed by atoms with Crippen LogP contribution in [0.4, 0.5) is 5.82 Å². The number of rotatable bonds is 6. The van der Waals surface area contributed by atoms with Gasteiger partial charge in [0.05, 0.1) is 6.54 Å². The van der Waals surface area contributed by atoms with Gasteiger partial charge in [0.2, 0.25) is 18.1 Å². The van der Waals surface area contributed by atoms with Crippen LogP contribution in [0.15, 0.2) is 12.5 Å². The van der Waals surface area contributed by atoms with Crippen LogP contribution in [0.3, 0.4) is 0 Å². The van der Waals surface area contributed by atoms with E-state index in [1.54, 1.807) is 0 Å². The minimum atomic E-state index is -0.628. The van der Waals surface area contributed by atoms with Gasteiger partial charge in [-0.3, -0.25) is 9.59 Å². The number of carbonyl (C=O) groups is 2. The molecule has 0 bridgehead atoms. The summed E-state index contributed by atoms with van der Waals surface area (Å²) in [5.74, 6) is -1.26. The third kappa shape index (κ3) is 4.28. The highest BCUT2D eigenvalue weighted by atomic mass is 16.6. The molecule has 0 unspecified atom stereocenters. The van der Waals surface area contributed by atoms with Crippen molar-refractivity contribution in [1.29, 1.82) is 0 Å². The zero-order valence-corrected chi connectivity index (χ0v) is 8.83. The van der Waals surface area contributed by atoms with Crippen LogP contribution in [0.1, 0.15) is 6.42 Å². The first-order chi connectivity index (χ1) is 7.99.